The van der Waals surface area contributed by atoms with Crippen molar-refractivity contribution in [2.75, 3.05) is 38.6 Å². The first kappa shape index (κ1) is 27.8. The number of ether oxygens (including phenoxy) is 1. The molecule has 0 fully saturated rings. The summed E-state index contributed by atoms with van der Waals surface area (Å²) >= 11 is 1.65. The molecule has 0 radical (unpaired) electrons. The molecule has 1 aliphatic heterocycles. The highest BCUT2D eigenvalue weighted by atomic mass is 32.1. The molecule has 12 heteroatoms. The van der Waals surface area contributed by atoms with Gasteiger partial charge in [-0.05, 0) is 42.7 Å². The van der Waals surface area contributed by atoms with Crippen LogP contribution >= 0.6 is 24.8 Å². The van der Waals surface area contributed by atoms with E-state index in [9.17, 15) is 18.0 Å². The van der Waals surface area contributed by atoms with Crippen molar-refractivity contribution >= 4 is 36.6 Å². The summed E-state index contributed by atoms with van der Waals surface area (Å²) in [5.41, 5.74) is 0.939. The third kappa shape index (κ3) is 6.48. The predicted octanol–water partition coefficient (Wildman–Crippen LogP) is 4.49. The minimum absolute atomic E-state index is 0. The second-order valence-electron chi connectivity index (χ2n) is 8.24. The summed E-state index contributed by atoms with van der Waals surface area (Å²) in [7, 11) is 3.52. The number of anilines is 1. The number of halogens is 3. The first-order valence-corrected chi connectivity index (χ1v) is 12.0. The molecule has 1 aromatic carbocycles. The Hall–Kier alpha value is -2.83. The zero-order valence-corrected chi connectivity index (χ0v) is 21.7. The van der Waals surface area contributed by atoms with Gasteiger partial charge < -0.3 is 19.9 Å². The Morgan fingerprint density at radius 1 is 1.19 bits per heavy atom. The van der Waals surface area contributed by atoms with E-state index < -0.39 is 17.9 Å². The Morgan fingerprint density at radius 2 is 1.94 bits per heavy atom. The molecule has 3 heterocycles. The van der Waals surface area contributed by atoms with Gasteiger partial charge in [0, 0.05) is 44.2 Å². The van der Waals surface area contributed by atoms with Crippen molar-refractivity contribution in [1.82, 2.24) is 20.2 Å². The summed E-state index contributed by atoms with van der Waals surface area (Å²) in [6.07, 6.45) is -2.94. The Balaban J connectivity index is 0.00000361. The van der Waals surface area contributed by atoms with Crippen molar-refractivity contribution in [2.24, 2.45) is 0 Å². The molecule has 2 aromatic heterocycles. The lowest BCUT2D eigenvalue weighted by molar-refractivity contribution is -0.144. The van der Waals surface area contributed by atoms with Crippen LogP contribution in [-0.2, 0) is 12.7 Å². The number of hydrogen-bond acceptors (Lipinski definition) is 7. The number of hydrogen-bond donors (Lipinski definition) is 1. The van der Waals surface area contributed by atoms with E-state index in [-0.39, 0.29) is 31.0 Å². The Labute approximate surface area is 218 Å². The third-order valence-electron chi connectivity index (χ3n) is 5.70. The van der Waals surface area contributed by atoms with Gasteiger partial charge in [0.25, 0.3) is 5.91 Å². The lowest BCUT2D eigenvalue weighted by atomic mass is 10.1. The smallest absolute Gasteiger partial charge is 0.451 e. The van der Waals surface area contributed by atoms with Crippen LogP contribution in [0.4, 0.5) is 19.0 Å². The van der Waals surface area contributed by atoms with Crippen molar-refractivity contribution in [3.63, 3.8) is 0 Å². The van der Waals surface area contributed by atoms with Gasteiger partial charge in [-0.2, -0.15) is 26.7 Å². The maximum absolute atomic E-state index is 13.1. The van der Waals surface area contributed by atoms with Gasteiger partial charge in [-0.3, -0.25) is 4.79 Å². The molecule has 1 amide bonds. The van der Waals surface area contributed by atoms with E-state index in [2.05, 4.69) is 21.4 Å². The molecule has 0 aliphatic carbocycles. The molecule has 3 aromatic rings. The van der Waals surface area contributed by atoms with Gasteiger partial charge in [-0.1, -0.05) is 18.2 Å². The molecule has 0 bridgehead atoms. The van der Waals surface area contributed by atoms with E-state index in [1.165, 1.54) is 0 Å². The second-order valence-corrected chi connectivity index (χ2v) is 9.21. The van der Waals surface area contributed by atoms with Gasteiger partial charge in [-0.15, -0.1) is 11.3 Å². The highest BCUT2D eigenvalue weighted by Gasteiger charge is 2.37. The van der Waals surface area contributed by atoms with Crippen LogP contribution in [0.3, 0.4) is 0 Å². The lowest BCUT2D eigenvalue weighted by Gasteiger charge is -2.22. The minimum Gasteiger partial charge on any atom is -0.485 e. The number of rotatable bonds is 8. The number of carbonyl (C=O) groups is 1. The van der Waals surface area contributed by atoms with Crippen LogP contribution in [0.15, 0.2) is 48.0 Å². The van der Waals surface area contributed by atoms with Crippen LogP contribution in [0.5, 0.6) is 5.75 Å². The summed E-state index contributed by atoms with van der Waals surface area (Å²) in [5, 5.41) is 5.17. The number of alkyl halides is 3. The number of nitrogens with zero attached hydrogens (tertiary/aromatic N) is 4. The van der Waals surface area contributed by atoms with Gasteiger partial charge in [0.1, 0.15) is 23.2 Å². The molecule has 1 atom stereocenters. The maximum Gasteiger partial charge on any atom is 0.451 e. The van der Waals surface area contributed by atoms with Crippen LogP contribution in [-0.4, -0.2) is 54.5 Å². The van der Waals surface area contributed by atoms with Gasteiger partial charge in [-0.25, -0.2) is 9.97 Å². The Bertz CT molecular complexity index is 1140. The van der Waals surface area contributed by atoms with Crippen molar-refractivity contribution in [2.45, 2.75) is 25.2 Å². The molecular weight excluding hydrogens is 511 g/mol. The minimum atomic E-state index is -4.68. The summed E-state index contributed by atoms with van der Waals surface area (Å²) in [6.45, 7) is 1.82. The third-order valence-corrected chi connectivity index (χ3v) is 6.66. The topological polar surface area (TPSA) is 70.6 Å². The monoisotopic (exact) mass is 539 g/mol. The Kier molecular flexibility index (Phi) is 9.20. The lowest BCUT2D eigenvalue weighted by Crippen LogP contribution is -2.33. The van der Waals surface area contributed by atoms with Gasteiger partial charge in [0.05, 0.1) is 0 Å². The van der Waals surface area contributed by atoms with Gasteiger partial charge in [0.2, 0.25) is 5.82 Å². The van der Waals surface area contributed by atoms with E-state index >= 15 is 0 Å². The van der Waals surface area contributed by atoms with Gasteiger partial charge in [0.15, 0.2) is 0 Å². The first-order valence-electron chi connectivity index (χ1n) is 11.1. The fourth-order valence-corrected chi connectivity index (χ4v) is 4.61. The van der Waals surface area contributed by atoms with E-state index in [0.717, 1.165) is 35.4 Å². The quantitative estimate of drug-likeness (QED) is 0.455. The molecule has 0 spiro atoms. The van der Waals surface area contributed by atoms with Gasteiger partial charge >= 0.3 is 6.18 Å². The largest absolute Gasteiger partial charge is 0.485 e. The normalized spacial score (nSPS) is 14.6. The molecule has 7 nitrogen and oxygen atoms in total. The number of likely N-dealkylation sites (N-methyl/N-ethyl adjacent to an activating group) is 1. The van der Waals surface area contributed by atoms with Crippen LogP contribution in [0, 0.1) is 0 Å². The molecule has 4 rings (SSSR count). The molecule has 1 aliphatic rings. The van der Waals surface area contributed by atoms with Crippen LogP contribution < -0.4 is 15.0 Å². The summed E-state index contributed by atoms with van der Waals surface area (Å²) in [6, 6.07) is 11.6. The molecule has 36 heavy (non-hydrogen) atoms. The zero-order valence-electron chi connectivity index (χ0n) is 19.9. The second kappa shape index (κ2) is 11.9. The maximum atomic E-state index is 13.1. The number of aromatic nitrogens is 2. The number of fused-ring (bicyclic) bond motifs is 1. The van der Waals surface area contributed by atoms with E-state index in [1.807, 2.05) is 42.8 Å². The van der Waals surface area contributed by atoms with E-state index in [4.69, 9.17) is 4.74 Å². The van der Waals surface area contributed by atoms with Crippen molar-refractivity contribution in [1.29, 1.82) is 0 Å². The standard InChI is InChI=1S/C24H26F3N5O2S.H2S/c1-28-10-9-19(20-4-3-13-35-20)34-17-7-5-16(6-8-17)15-32-12-11-31(2)21-18(22(32)33)14-29-23(30-21)24(25,26)27;/h3-8,13-14,19,28H,9-12,15H2,1-2H3;1H2/t19-;/m0./s1. The predicted molar refractivity (Wildman–Crippen MR) is 138 cm³/mol. The Morgan fingerprint density at radius 3 is 2.58 bits per heavy atom. The van der Waals surface area contributed by atoms with Crippen molar-refractivity contribution in [3.05, 3.63) is 69.8 Å². The molecular formula is C24H28F3N5O2S2. The molecule has 1 N–H and O–H groups in total. The SMILES string of the molecule is CNCC[C@H](Oc1ccc(CN2CCN(C)c3nc(C(F)(F)F)ncc3C2=O)cc1)c1cccs1.S. The molecule has 194 valence electrons. The molecule has 0 unspecified atom stereocenters. The van der Waals surface area contributed by atoms with Crippen molar-refractivity contribution < 1.29 is 22.7 Å². The van der Waals surface area contributed by atoms with Crippen LogP contribution in [0.1, 0.15) is 39.1 Å². The van der Waals surface area contributed by atoms with E-state index in [1.54, 1.807) is 28.2 Å². The zero-order chi connectivity index (χ0) is 25.0. The number of thiophene rings is 1. The highest BCUT2D eigenvalue weighted by Crippen LogP contribution is 2.31. The molecule has 0 saturated heterocycles. The fraction of sp³-hybridized carbons (Fsp3) is 0.375. The first-order chi connectivity index (χ1) is 16.8. The number of carbonyl (C=O) groups excluding carboxylic acids is 1. The number of nitrogens with one attached hydrogen (secondary N) is 1. The number of amides is 1. The average Bonchev–Trinajstić information content (AvgIpc) is 3.35. The summed E-state index contributed by atoms with van der Waals surface area (Å²) in [4.78, 5) is 24.4. The highest BCUT2D eigenvalue weighted by molar-refractivity contribution is 7.59. The van der Waals surface area contributed by atoms with Crippen LogP contribution in [0.25, 0.3) is 0 Å². The summed E-state index contributed by atoms with van der Waals surface area (Å²) < 4.78 is 45.4. The molecule has 0 saturated carbocycles. The number of benzene rings is 1. The fourth-order valence-electron chi connectivity index (χ4n) is 3.82. The van der Waals surface area contributed by atoms with E-state index in [0.29, 0.717) is 19.6 Å². The average molecular weight is 540 g/mol. The summed E-state index contributed by atoms with van der Waals surface area (Å²) in [5.74, 6) is -0.938. The van der Waals surface area contributed by atoms with Crippen molar-refractivity contribution in [3.8, 4) is 5.75 Å². The van der Waals surface area contributed by atoms with Crippen LogP contribution in [0.2, 0.25) is 0 Å².